The molecule has 1 saturated heterocycles. The average Bonchev–Trinajstić information content (AvgIpc) is 3.44. The van der Waals surface area contributed by atoms with Crippen molar-refractivity contribution in [2.24, 2.45) is 0 Å². The summed E-state index contributed by atoms with van der Waals surface area (Å²) < 4.78 is 38.6. The van der Waals surface area contributed by atoms with Gasteiger partial charge in [0.2, 0.25) is 0 Å². The fraction of sp³-hybridized carbons (Fsp3) is 0.286. The molecule has 1 aliphatic rings. The monoisotopic (exact) mass is 439 g/mol. The normalized spacial score (nSPS) is 19.3. The van der Waals surface area contributed by atoms with Gasteiger partial charge in [0.25, 0.3) is 10.1 Å². The van der Waals surface area contributed by atoms with Gasteiger partial charge in [-0.3, -0.25) is 8.75 Å². The standard InChI is InChI=1S/C21H21N5O4S/c1-22-20-19-21(24-12-23-20)26(13-25-19)18-9-7-16(30-18)11-29-31(27,28)17-8-6-14-4-2-3-5-15(14)10-17/h2-6,8,10,12-13,16,18H,7,9,11H2,1H3,(H,22,23,24)/t16-,18+/m0/s1. The van der Waals surface area contributed by atoms with E-state index < -0.39 is 10.1 Å². The molecular formula is C21H21N5O4S. The van der Waals surface area contributed by atoms with Crippen LogP contribution in [0.2, 0.25) is 0 Å². The van der Waals surface area contributed by atoms with Crippen molar-refractivity contribution < 1.29 is 17.3 Å². The molecule has 1 fully saturated rings. The highest BCUT2D eigenvalue weighted by atomic mass is 32.2. The number of ether oxygens (including phenoxy) is 1. The minimum Gasteiger partial charge on any atom is -0.371 e. The van der Waals surface area contributed by atoms with Crippen molar-refractivity contribution in [3.05, 3.63) is 55.1 Å². The smallest absolute Gasteiger partial charge is 0.297 e. The lowest BCUT2D eigenvalue weighted by Crippen LogP contribution is -2.19. The van der Waals surface area contributed by atoms with Crippen molar-refractivity contribution in [2.45, 2.75) is 30.1 Å². The molecule has 2 atom stereocenters. The van der Waals surface area contributed by atoms with Crippen LogP contribution in [-0.4, -0.2) is 47.7 Å². The third kappa shape index (κ3) is 3.73. The molecule has 2 aromatic heterocycles. The van der Waals surface area contributed by atoms with Crippen molar-refractivity contribution >= 4 is 37.9 Å². The molecule has 0 unspecified atom stereocenters. The molecule has 160 valence electrons. The quantitative estimate of drug-likeness (QED) is 0.457. The summed E-state index contributed by atoms with van der Waals surface area (Å²) in [5.74, 6) is 0.642. The van der Waals surface area contributed by atoms with Crippen molar-refractivity contribution in [1.29, 1.82) is 0 Å². The first-order valence-corrected chi connectivity index (χ1v) is 11.3. The summed E-state index contributed by atoms with van der Waals surface area (Å²) in [5, 5.41) is 4.81. The largest absolute Gasteiger partial charge is 0.371 e. The Labute approximate surface area is 179 Å². The van der Waals surface area contributed by atoms with Gasteiger partial charge in [0.1, 0.15) is 18.1 Å². The van der Waals surface area contributed by atoms with Gasteiger partial charge in [-0.15, -0.1) is 0 Å². The molecule has 0 radical (unpaired) electrons. The van der Waals surface area contributed by atoms with Gasteiger partial charge in [0.05, 0.1) is 23.9 Å². The van der Waals surface area contributed by atoms with Crippen LogP contribution in [0.25, 0.3) is 21.9 Å². The zero-order valence-electron chi connectivity index (χ0n) is 16.8. The van der Waals surface area contributed by atoms with Gasteiger partial charge in [0, 0.05) is 7.05 Å². The van der Waals surface area contributed by atoms with Crippen LogP contribution in [0.3, 0.4) is 0 Å². The number of benzene rings is 2. The van der Waals surface area contributed by atoms with Crippen LogP contribution in [0.5, 0.6) is 0 Å². The van der Waals surface area contributed by atoms with E-state index in [1.165, 1.54) is 6.33 Å². The summed E-state index contributed by atoms with van der Waals surface area (Å²) in [6.07, 6.45) is 3.87. The number of hydrogen-bond donors (Lipinski definition) is 1. The summed E-state index contributed by atoms with van der Waals surface area (Å²) in [6, 6.07) is 12.6. The van der Waals surface area contributed by atoms with Crippen LogP contribution in [0.4, 0.5) is 5.82 Å². The molecule has 0 bridgehead atoms. The zero-order chi connectivity index (χ0) is 21.4. The van der Waals surface area contributed by atoms with Crippen LogP contribution in [-0.2, 0) is 19.0 Å². The number of hydrogen-bond acceptors (Lipinski definition) is 8. The predicted octanol–water partition coefficient (Wildman–Crippen LogP) is 3.10. The SMILES string of the molecule is CNc1ncnc2c1ncn2[C@H]1CC[C@@H](COS(=O)(=O)c2ccc3ccccc3c2)O1. The minimum atomic E-state index is -3.88. The van der Waals surface area contributed by atoms with Crippen LogP contribution in [0.1, 0.15) is 19.1 Å². The van der Waals surface area contributed by atoms with E-state index in [0.717, 1.165) is 10.8 Å². The Balaban J connectivity index is 1.28. The van der Waals surface area contributed by atoms with E-state index in [1.54, 1.807) is 31.6 Å². The van der Waals surface area contributed by atoms with Crippen LogP contribution >= 0.6 is 0 Å². The summed E-state index contributed by atoms with van der Waals surface area (Å²) >= 11 is 0. The number of nitrogens with one attached hydrogen (secondary N) is 1. The topological polar surface area (TPSA) is 108 Å². The number of nitrogens with zero attached hydrogens (tertiary/aromatic N) is 4. The Morgan fingerprint density at radius 1 is 1.13 bits per heavy atom. The van der Waals surface area contributed by atoms with E-state index in [-0.39, 0.29) is 23.8 Å². The number of rotatable bonds is 6. The second-order valence-electron chi connectivity index (χ2n) is 7.33. The Hall–Kier alpha value is -3.08. The van der Waals surface area contributed by atoms with E-state index in [4.69, 9.17) is 8.92 Å². The highest BCUT2D eigenvalue weighted by molar-refractivity contribution is 7.86. The fourth-order valence-corrected chi connectivity index (χ4v) is 4.79. The maximum atomic E-state index is 12.7. The first-order chi connectivity index (χ1) is 15.0. The fourth-order valence-electron chi connectivity index (χ4n) is 3.82. The lowest BCUT2D eigenvalue weighted by molar-refractivity contribution is -0.0149. The van der Waals surface area contributed by atoms with Gasteiger partial charge in [-0.25, -0.2) is 15.0 Å². The second kappa shape index (κ2) is 7.88. The van der Waals surface area contributed by atoms with E-state index in [2.05, 4.69) is 20.3 Å². The lowest BCUT2D eigenvalue weighted by Gasteiger charge is -2.15. The first kappa shape index (κ1) is 19.9. The highest BCUT2D eigenvalue weighted by Crippen LogP contribution is 2.32. The third-order valence-corrected chi connectivity index (χ3v) is 6.69. The van der Waals surface area contributed by atoms with Crippen LogP contribution < -0.4 is 5.32 Å². The minimum absolute atomic E-state index is 0.0466. The van der Waals surface area contributed by atoms with Crippen molar-refractivity contribution in [1.82, 2.24) is 19.5 Å². The summed E-state index contributed by atoms with van der Waals surface area (Å²) in [5.41, 5.74) is 1.32. The van der Waals surface area contributed by atoms with Gasteiger partial charge in [-0.05, 0) is 35.7 Å². The molecule has 9 nitrogen and oxygen atoms in total. The van der Waals surface area contributed by atoms with Crippen molar-refractivity contribution in [3.63, 3.8) is 0 Å². The number of aromatic nitrogens is 4. The van der Waals surface area contributed by atoms with E-state index >= 15 is 0 Å². The highest BCUT2D eigenvalue weighted by Gasteiger charge is 2.30. The predicted molar refractivity (Wildman–Crippen MR) is 115 cm³/mol. The molecule has 1 N–H and O–H groups in total. The van der Waals surface area contributed by atoms with Crippen LogP contribution in [0.15, 0.2) is 60.0 Å². The summed E-state index contributed by atoms with van der Waals surface area (Å²) in [4.78, 5) is 13.0. The van der Waals surface area contributed by atoms with E-state index in [1.807, 2.05) is 28.8 Å². The van der Waals surface area contributed by atoms with Gasteiger partial charge < -0.3 is 10.1 Å². The second-order valence-corrected chi connectivity index (χ2v) is 8.95. The Bertz CT molecular complexity index is 1350. The first-order valence-electron chi connectivity index (χ1n) is 9.94. The van der Waals surface area contributed by atoms with Gasteiger partial charge >= 0.3 is 0 Å². The zero-order valence-corrected chi connectivity index (χ0v) is 17.6. The van der Waals surface area contributed by atoms with Crippen molar-refractivity contribution in [2.75, 3.05) is 19.0 Å². The molecule has 5 rings (SSSR count). The average molecular weight is 439 g/mol. The van der Waals surface area contributed by atoms with Crippen molar-refractivity contribution in [3.8, 4) is 0 Å². The Morgan fingerprint density at radius 3 is 2.81 bits per heavy atom. The molecule has 0 saturated carbocycles. The van der Waals surface area contributed by atoms with E-state index in [9.17, 15) is 8.42 Å². The molecule has 3 heterocycles. The molecule has 4 aromatic rings. The molecule has 31 heavy (non-hydrogen) atoms. The molecule has 0 aliphatic carbocycles. The molecule has 2 aromatic carbocycles. The maximum Gasteiger partial charge on any atom is 0.297 e. The van der Waals surface area contributed by atoms with Gasteiger partial charge in [-0.1, -0.05) is 30.3 Å². The number of fused-ring (bicyclic) bond motifs is 2. The summed E-state index contributed by atoms with van der Waals surface area (Å²) in [7, 11) is -2.11. The third-order valence-electron chi connectivity index (χ3n) is 5.41. The molecule has 1 aliphatic heterocycles. The molecule has 0 amide bonds. The number of anilines is 1. The molecule has 0 spiro atoms. The van der Waals surface area contributed by atoms with Gasteiger partial charge in [0.15, 0.2) is 11.5 Å². The lowest BCUT2D eigenvalue weighted by atomic mass is 10.1. The molecular weight excluding hydrogens is 418 g/mol. The Morgan fingerprint density at radius 2 is 1.97 bits per heavy atom. The summed E-state index contributed by atoms with van der Waals surface area (Å²) in [6.45, 7) is -0.0466. The number of imidazole rings is 1. The maximum absolute atomic E-state index is 12.7. The van der Waals surface area contributed by atoms with E-state index in [0.29, 0.717) is 29.8 Å². The van der Waals surface area contributed by atoms with Crippen LogP contribution in [0, 0.1) is 0 Å². The molecule has 10 heteroatoms. The Kier molecular flexibility index (Phi) is 5.05. The van der Waals surface area contributed by atoms with Gasteiger partial charge in [-0.2, -0.15) is 8.42 Å².